The number of carbonyl (C=O) groups is 1. The Balaban J connectivity index is 0.00000211. The van der Waals surface area contributed by atoms with Crippen molar-refractivity contribution in [3.63, 3.8) is 0 Å². The van der Waals surface area contributed by atoms with E-state index in [2.05, 4.69) is 0 Å². The zero-order chi connectivity index (χ0) is 17.1. The van der Waals surface area contributed by atoms with E-state index in [1.165, 1.54) is 0 Å². The monoisotopic (exact) mass is 311 g/mol. The number of carboxylic acid groups (broad SMARTS) is 1. The molecule has 0 aliphatic rings. The molecule has 0 amide bonds. The van der Waals surface area contributed by atoms with Gasteiger partial charge in [0.05, 0.1) is 19.4 Å². The van der Waals surface area contributed by atoms with E-state index in [0.29, 0.717) is 5.56 Å². The van der Waals surface area contributed by atoms with Gasteiger partial charge in [-0.15, -0.1) is 0 Å². The zero-order valence-electron chi connectivity index (χ0n) is 13.7. The summed E-state index contributed by atoms with van der Waals surface area (Å²) in [5, 5.41) is 19.6. The van der Waals surface area contributed by atoms with Crippen LogP contribution < -0.4 is 4.74 Å². The molecule has 1 atom stereocenters. The molecule has 1 rings (SSSR count). The van der Waals surface area contributed by atoms with Gasteiger partial charge < -0.3 is 9.84 Å². The fourth-order valence-electron chi connectivity index (χ4n) is 2.20. The molecule has 1 aromatic rings. The summed E-state index contributed by atoms with van der Waals surface area (Å²) in [6.07, 6.45) is 1.45. The van der Waals surface area contributed by atoms with E-state index in [4.69, 9.17) is 9.84 Å². The lowest BCUT2D eigenvalue weighted by Crippen LogP contribution is -2.16. The third-order valence-electron chi connectivity index (χ3n) is 3.09. The Hall–Kier alpha value is -2.11. The van der Waals surface area contributed by atoms with Crippen LogP contribution in [-0.4, -0.2) is 29.7 Å². The van der Waals surface area contributed by atoms with Crippen LogP contribution in [-0.2, 0) is 11.2 Å². The lowest BCUT2D eigenvalue weighted by Gasteiger charge is -2.14. The van der Waals surface area contributed by atoms with Gasteiger partial charge in [0.2, 0.25) is 6.54 Å². The standard InChI is InChI=1S/C14H19NO5.C2H6/c1-3-4-11-7-10(5-6-13(11)20-2)12(8-14(16)17)9-15(18)19;1-2/h5-7,12H,3-4,8-9H2,1-2H3,(H,16,17);1-2H3. The fraction of sp³-hybridized carbons (Fsp3) is 0.562. The third kappa shape index (κ3) is 6.56. The molecule has 0 bridgehead atoms. The normalized spacial score (nSPS) is 11.1. The van der Waals surface area contributed by atoms with Gasteiger partial charge >= 0.3 is 5.97 Å². The first-order valence-electron chi connectivity index (χ1n) is 7.48. The number of hydrogen-bond acceptors (Lipinski definition) is 4. The number of rotatable bonds is 8. The van der Waals surface area contributed by atoms with E-state index in [1.807, 2.05) is 26.8 Å². The van der Waals surface area contributed by atoms with Gasteiger partial charge in [0.15, 0.2) is 0 Å². The summed E-state index contributed by atoms with van der Waals surface area (Å²) in [5.74, 6) is -0.931. The van der Waals surface area contributed by atoms with E-state index >= 15 is 0 Å². The van der Waals surface area contributed by atoms with Crippen LogP contribution in [0.2, 0.25) is 0 Å². The van der Waals surface area contributed by atoms with Crippen molar-refractivity contribution in [1.82, 2.24) is 0 Å². The van der Waals surface area contributed by atoms with Crippen LogP contribution in [0.25, 0.3) is 0 Å². The van der Waals surface area contributed by atoms with Gasteiger partial charge in [-0.3, -0.25) is 14.9 Å². The Bertz CT molecular complexity index is 471. The number of nitro groups is 1. The third-order valence-corrected chi connectivity index (χ3v) is 3.09. The van der Waals surface area contributed by atoms with Crippen molar-refractivity contribution in [2.45, 2.75) is 46.0 Å². The molecule has 124 valence electrons. The van der Waals surface area contributed by atoms with E-state index in [0.717, 1.165) is 24.2 Å². The van der Waals surface area contributed by atoms with Gasteiger partial charge in [-0.05, 0) is 23.6 Å². The molecule has 0 saturated heterocycles. The largest absolute Gasteiger partial charge is 0.496 e. The second kappa shape index (κ2) is 10.6. The van der Waals surface area contributed by atoms with E-state index in [9.17, 15) is 14.9 Å². The van der Waals surface area contributed by atoms with Gasteiger partial charge in [0, 0.05) is 4.92 Å². The first-order chi connectivity index (χ1) is 10.5. The second-order valence-electron chi connectivity index (χ2n) is 4.63. The fourth-order valence-corrected chi connectivity index (χ4v) is 2.20. The summed E-state index contributed by atoms with van der Waals surface area (Å²) < 4.78 is 5.24. The maximum Gasteiger partial charge on any atom is 0.304 e. The Morgan fingerprint density at radius 2 is 2.05 bits per heavy atom. The lowest BCUT2D eigenvalue weighted by molar-refractivity contribution is -0.483. The first kappa shape index (κ1) is 19.9. The Morgan fingerprint density at radius 1 is 1.41 bits per heavy atom. The minimum absolute atomic E-state index is 0.251. The first-order valence-corrected chi connectivity index (χ1v) is 7.48. The summed E-state index contributed by atoms with van der Waals surface area (Å²) in [6, 6.07) is 5.27. The highest BCUT2D eigenvalue weighted by Crippen LogP contribution is 2.27. The second-order valence-corrected chi connectivity index (χ2v) is 4.63. The number of aryl methyl sites for hydroxylation is 1. The number of nitrogens with zero attached hydrogens (tertiary/aromatic N) is 1. The van der Waals surface area contributed by atoms with E-state index in [-0.39, 0.29) is 13.0 Å². The Kier molecular flexibility index (Phi) is 9.58. The average Bonchev–Trinajstić information content (AvgIpc) is 2.48. The van der Waals surface area contributed by atoms with Crippen LogP contribution in [0.3, 0.4) is 0 Å². The van der Waals surface area contributed by atoms with Crippen LogP contribution in [0.5, 0.6) is 5.75 Å². The molecule has 1 unspecified atom stereocenters. The predicted molar refractivity (Wildman–Crippen MR) is 85.2 cm³/mol. The SMILES string of the molecule is CC.CCCc1cc(C(CC(=O)O)C[N+](=O)[O-])ccc1OC. The van der Waals surface area contributed by atoms with E-state index in [1.54, 1.807) is 19.2 Å². The summed E-state index contributed by atoms with van der Waals surface area (Å²) in [5.41, 5.74) is 1.62. The number of aliphatic carboxylic acids is 1. The predicted octanol–water partition coefficient (Wildman–Crippen LogP) is 3.51. The topological polar surface area (TPSA) is 89.7 Å². The molecular weight excluding hydrogens is 286 g/mol. The summed E-state index contributed by atoms with van der Waals surface area (Å²) in [4.78, 5) is 21.1. The van der Waals surface area contributed by atoms with Crippen molar-refractivity contribution in [2.24, 2.45) is 0 Å². The minimum Gasteiger partial charge on any atom is -0.496 e. The zero-order valence-corrected chi connectivity index (χ0v) is 13.7. The molecule has 6 heteroatoms. The molecule has 22 heavy (non-hydrogen) atoms. The smallest absolute Gasteiger partial charge is 0.304 e. The quantitative estimate of drug-likeness (QED) is 0.586. The van der Waals surface area contributed by atoms with Crippen LogP contribution in [0.4, 0.5) is 0 Å². The Morgan fingerprint density at radius 3 is 2.50 bits per heavy atom. The number of benzene rings is 1. The van der Waals surface area contributed by atoms with Crippen molar-refractivity contribution in [1.29, 1.82) is 0 Å². The highest BCUT2D eigenvalue weighted by molar-refractivity contribution is 5.68. The van der Waals surface area contributed by atoms with Crippen molar-refractivity contribution in [3.05, 3.63) is 39.4 Å². The van der Waals surface area contributed by atoms with Gasteiger partial charge in [0.1, 0.15) is 5.75 Å². The van der Waals surface area contributed by atoms with E-state index < -0.39 is 16.8 Å². The molecule has 1 aromatic carbocycles. The molecule has 6 nitrogen and oxygen atoms in total. The summed E-state index contributed by atoms with van der Waals surface area (Å²) in [6.45, 7) is 5.64. The van der Waals surface area contributed by atoms with Crippen LogP contribution in [0, 0.1) is 10.1 Å². The van der Waals surface area contributed by atoms with Gasteiger partial charge in [0.25, 0.3) is 0 Å². The van der Waals surface area contributed by atoms with Crippen molar-refractivity contribution in [2.75, 3.05) is 13.7 Å². The van der Waals surface area contributed by atoms with Crippen LogP contribution >= 0.6 is 0 Å². The molecule has 0 fully saturated rings. The number of carboxylic acids is 1. The minimum atomic E-state index is -1.04. The number of ether oxygens (including phenoxy) is 1. The maximum atomic E-state index is 10.9. The average molecular weight is 311 g/mol. The molecule has 0 spiro atoms. The highest BCUT2D eigenvalue weighted by atomic mass is 16.6. The lowest BCUT2D eigenvalue weighted by atomic mass is 9.93. The molecule has 0 aromatic heterocycles. The molecule has 0 aliphatic heterocycles. The highest BCUT2D eigenvalue weighted by Gasteiger charge is 2.22. The van der Waals surface area contributed by atoms with Gasteiger partial charge in [-0.2, -0.15) is 0 Å². The number of methoxy groups -OCH3 is 1. The molecule has 0 heterocycles. The van der Waals surface area contributed by atoms with Gasteiger partial charge in [-0.1, -0.05) is 39.3 Å². The van der Waals surface area contributed by atoms with Gasteiger partial charge in [-0.25, -0.2) is 0 Å². The molecule has 0 radical (unpaired) electrons. The molecule has 0 saturated carbocycles. The van der Waals surface area contributed by atoms with Crippen LogP contribution in [0.15, 0.2) is 18.2 Å². The molecule has 1 N–H and O–H groups in total. The van der Waals surface area contributed by atoms with Crippen LogP contribution in [0.1, 0.15) is 50.7 Å². The summed E-state index contributed by atoms with van der Waals surface area (Å²) in [7, 11) is 1.57. The summed E-state index contributed by atoms with van der Waals surface area (Å²) >= 11 is 0. The maximum absolute atomic E-state index is 10.9. The van der Waals surface area contributed by atoms with Crippen molar-refractivity contribution < 1.29 is 19.6 Å². The van der Waals surface area contributed by atoms with Crippen molar-refractivity contribution in [3.8, 4) is 5.75 Å². The molecule has 0 aliphatic carbocycles. The Labute approximate surface area is 131 Å². The van der Waals surface area contributed by atoms with Crippen molar-refractivity contribution >= 4 is 5.97 Å². The molecular formula is C16H25NO5. The number of hydrogen-bond donors (Lipinski definition) is 1.